The zero-order chi connectivity index (χ0) is 22.6. The van der Waals surface area contributed by atoms with Crippen LogP contribution in [-0.2, 0) is 14.8 Å². The standard InChI is InChI=1S/C21H17Cl2NO6S/c1-28-18-9-8-15(12-19(18)31(26,27)24-14-6-4-3-5-7-14)30-20-16(22)10-13(11-17(20)23)21(25)29-2/h3-12,24H,1-2H3. The Labute approximate surface area is 189 Å². The summed E-state index contributed by atoms with van der Waals surface area (Å²) in [7, 11) is -1.40. The number of hydrogen-bond acceptors (Lipinski definition) is 6. The molecule has 3 aromatic carbocycles. The second kappa shape index (κ2) is 9.47. The molecule has 1 N–H and O–H groups in total. The largest absolute Gasteiger partial charge is 0.495 e. The Bertz CT molecular complexity index is 1190. The van der Waals surface area contributed by atoms with E-state index in [0.717, 1.165) is 0 Å². The molecule has 3 aromatic rings. The minimum absolute atomic E-state index is 0.0514. The van der Waals surface area contributed by atoms with Crippen LogP contribution in [0.3, 0.4) is 0 Å². The Morgan fingerprint density at radius 3 is 2.16 bits per heavy atom. The summed E-state index contributed by atoms with van der Waals surface area (Å²) >= 11 is 12.4. The lowest BCUT2D eigenvalue weighted by Gasteiger charge is -2.15. The number of rotatable bonds is 7. The van der Waals surface area contributed by atoms with Gasteiger partial charge < -0.3 is 14.2 Å². The molecule has 0 atom stereocenters. The molecule has 0 unspecified atom stereocenters. The number of hydrogen-bond donors (Lipinski definition) is 1. The first-order valence-electron chi connectivity index (χ1n) is 8.76. The lowest BCUT2D eigenvalue weighted by Crippen LogP contribution is -2.14. The summed E-state index contributed by atoms with van der Waals surface area (Å²) in [4.78, 5) is 11.6. The third-order valence-corrected chi connectivity index (χ3v) is 6.05. The average Bonchev–Trinajstić information content (AvgIpc) is 2.75. The Kier molecular flexibility index (Phi) is 6.94. The van der Waals surface area contributed by atoms with Gasteiger partial charge in [0.05, 0.1) is 29.8 Å². The van der Waals surface area contributed by atoms with Gasteiger partial charge >= 0.3 is 5.97 Å². The number of esters is 1. The summed E-state index contributed by atoms with van der Waals surface area (Å²) in [5.41, 5.74) is 0.537. The fourth-order valence-electron chi connectivity index (χ4n) is 2.66. The van der Waals surface area contributed by atoms with Gasteiger partial charge in [0.1, 0.15) is 16.4 Å². The maximum Gasteiger partial charge on any atom is 0.337 e. The van der Waals surface area contributed by atoms with Gasteiger partial charge in [0.2, 0.25) is 0 Å². The molecule has 0 aliphatic carbocycles. The van der Waals surface area contributed by atoms with E-state index in [1.807, 2.05) is 0 Å². The molecule has 0 spiro atoms. The van der Waals surface area contributed by atoms with Crippen molar-refractivity contribution in [3.63, 3.8) is 0 Å². The molecule has 31 heavy (non-hydrogen) atoms. The molecule has 0 fully saturated rings. The van der Waals surface area contributed by atoms with Crippen LogP contribution in [0.5, 0.6) is 17.2 Å². The minimum Gasteiger partial charge on any atom is -0.495 e. The van der Waals surface area contributed by atoms with Crippen LogP contribution >= 0.6 is 23.2 Å². The number of carbonyl (C=O) groups is 1. The molecule has 0 aliphatic heterocycles. The van der Waals surface area contributed by atoms with Crippen molar-refractivity contribution < 1.29 is 27.4 Å². The van der Waals surface area contributed by atoms with E-state index in [1.165, 1.54) is 44.6 Å². The first-order valence-corrected chi connectivity index (χ1v) is 11.0. The lowest BCUT2D eigenvalue weighted by atomic mass is 10.2. The summed E-state index contributed by atoms with van der Waals surface area (Å²) in [5, 5.41) is 0.103. The number of ether oxygens (including phenoxy) is 3. The van der Waals surface area contributed by atoms with E-state index >= 15 is 0 Å². The highest BCUT2D eigenvalue weighted by Crippen LogP contribution is 2.39. The summed E-state index contributed by atoms with van der Waals surface area (Å²) in [5.74, 6) is -0.293. The van der Waals surface area contributed by atoms with Crippen molar-refractivity contribution in [1.29, 1.82) is 0 Å². The first-order chi connectivity index (χ1) is 14.7. The molecule has 3 rings (SSSR count). The van der Waals surface area contributed by atoms with E-state index in [4.69, 9.17) is 32.7 Å². The molecule has 0 saturated heterocycles. The molecule has 162 valence electrons. The smallest absolute Gasteiger partial charge is 0.337 e. The van der Waals surface area contributed by atoms with Crippen LogP contribution in [0.15, 0.2) is 65.6 Å². The van der Waals surface area contributed by atoms with Gasteiger partial charge in [-0.2, -0.15) is 0 Å². The Hall–Kier alpha value is -2.94. The van der Waals surface area contributed by atoms with E-state index < -0.39 is 16.0 Å². The zero-order valence-corrected chi connectivity index (χ0v) is 18.7. The van der Waals surface area contributed by atoms with Crippen molar-refractivity contribution in [3.05, 3.63) is 76.3 Å². The van der Waals surface area contributed by atoms with Crippen LogP contribution in [-0.4, -0.2) is 28.6 Å². The Morgan fingerprint density at radius 1 is 0.935 bits per heavy atom. The fourth-order valence-corrected chi connectivity index (χ4v) is 4.47. The number of halogens is 2. The average molecular weight is 482 g/mol. The number of sulfonamides is 1. The summed E-state index contributed by atoms with van der Waals surface area (Å²) in [6.45, 7) is 0. The van der Waals surface area contributed by atoms with E-state index in [-0.39, 0.29) is 37.8 Å². The van der Waals surface area contributed by atoms with E-state index in [2.05, 4.69) is 9.46 Å². The molecule has 0 amide bonds. The SMILES string of the molecule is COC(=O)c1cc(Cl)c(Oc2ccc(OC)c(S(=O)(=O)Nc3ccccc3)c2)c(Cl)c1. The summed E-state index contributed by atoms with van der Waals surface area (Å²) in [6, 6.07) is 15.3. The number of methoxy groups -OCH3 is 2. The maximum atomic E-state index is 12.9. The van der Waals surface area contributed by atoms with E-state index in [1.54, 1.807) is 30.3 Å². The summed E-state index contributed by atoms with van der Waals surface area (Å²) in [6.07, 6.45) is 0. The molecule has 0 saturated carbocycles. The van der Waals surface area contributed by atoms with Crippen molar-refractivity contribution in [2.45, 2.75) is 4.90 Å². The Morgan fingerprint density at radius 2 is 1.58 bits per heavy atom. The molecule has 0 heterocycles. The molecular weight excluding hydrogens is 465 g/mol. The van der Waals surface area contributed by atoms with Crippen molar-refractivity contribution in [3.8, 4) is 17.2 Å². The van der Waals surface area contributed by atoms with Gasteiger partial charge in [-0.3, -0.25) is 4.72 Å². The highest BCUT2D eigenvalue weighted by molar-refractivity contribution is 7.92. The van der Waals surface area contributed by atoms with Gasteiger partial charge in [0.25, 0.3) is 10.0 Å². The van der Waals surface area contributed by atoms with Crippen molar-refractivity contribution in [2.24, 2.45) is 0 Å². The second-order valence-electron chi connectivity index (χ2n) is 6.15. The monoisotopic (exact) mass is 481 g/mol. The topological polar surface area (TPSA) is 90.9 Å². The van der Waals surface area contributed by atoms with Crippen LogP contribution in [0, 0.1) is 0 Å². The molecule has 0 radical (unpaired) electrons. The number of anilines is 1. The van der Waals surface area contributed by atoms with Crippen molar-refractivity contribution in [2.75, 3.05) is 18.9 Å². The van der Waals surface area contributed by atoms with Crippen LogP contribution in [0.25, 0.3) is 0 Å². The van der Waals surface area contributed by atoms with E-state index in [9.17, 15) is 13.2 Å². The van der Waals surface area contributed by atoms with Crippen LogP contribution < -0.4 is 14.2 Å². The Balaban J connectivity index is 1.97. The van der Waals surface area contributed by atoms with Gasteiger partial charge in [0, 0.05) is 11.8 Å². The maximum absolute atomic E-state index is 12.9. The number of carbonyl (C=O) groups excluding carboxylic acids is 1. The van der Waals surface area contributed by atoms with Crippen LogP contribution in [0.2, 0.25) is 10.0 Å². The zero-order valence-electron chi connectivity index (χ0n) is 16.4. The van der Waals surface area contributed by atoms with Crippen molar-refractivity contribution in [1.82, 2.24) is 0 Å². The van der Waals surface area contributed by atoms with E-state index in [0.29, 0.717) is 5.69 Å². The van der Waals surface area contributed by atoms with Crippen molar-refractivity contribution >= 4 is 44.9 Å². The predicted octanol–water partition coefficient (Wildman–Crippen LogP) is 5.38. The minimum atomic E-state index is -3.99. The molecular formula is C21H17Cl2NO6S. The predicted molar refractivity (Wildman–Crippen MR) is 118 cm³/mol. The molecule has 0 aromatic heterocycles. The first kappa shape index (κ1) is 22.7. The highest BCUT2D eigenvalue weighted by atomic mass is 35.5. The number of nitrogens with one attached hydrogen (secondary N) is 1. The number of para-hydroxylation sites is 1. The third kappa shape index (κ3) is 5.22. The van der Waals surface area contributed by atoms with Crippen LogP contribution in [0.1, 0.15) is 10.4 Å². The fraction of sp³-hybridized carbons (Fsp3) is 0.0952. The van der Waals surface area contributed by atoms with Gasteiger partial charge in [0.15, 0.2) is 5.75 Å². The molecule has 7 nitrogen and oxygen atoms in total. The number of benzene rings is 3. The summed E-state index contributed by atoms with van der Waals surface area (Å²) < 4.78 is 43.9. The molecule has 0 bridgehead atoms. The van der Waals surface area contributed by atoms with Crippen LogP contribution in [0.4, 0.5) is 5.69 Å². The molecule has 10 heteroatoms. The van der Waals surface area contributed by atoms with Gasteiger partial charge in [-0.05, 0) is 36.4 Å². The van der Waals surface area contributed by atoms with Gasteiger partial charge in [-0.1, -0.05) is 41.4 Å². The third-order valence-electron chi connectivity index (χ3n) is 4.09. The quantitative estimate of drug-likeness (QED) is 0.455. The molecule has 0 aliphatic rings. The normalized spacial score (nSPS) is 11.0. The van der Waals surface area contributed by atoms with Gasteiger partial charge in [-0.25, -0.2) is 13.2 Å². The highest BCUT2D eigenvalue weighted by Gasteiger charge is 2.22. The van der Waals surface area contributed by atoms with Gasteiger partial charge in [-0.15, -0.1) is 0 Å². The second-order valence-corrected chi connectivity index (χ2v) is 8.61. The lowest BCUT2D eigenvalue weighted by molar-refractivity contribution is 0.0600.